The number of aliphatic hydroxyl groups excluding tert-OH is 1. The van der Waals surface area contributed by atoms with Crippen LogP contribution in [0.2, 0.25) is 0 Å². The van der Waals surface area contributed by atoms with E-state index in [9.17, 15) is 13.2 Å². The summed E-state index contributed by atoms with van der Waals surface area (Å²) in [6.07, 6.45) is 1.50. The van der Waals surface area contributed by atoms with Crippen molar-refractivity contribution in [1.29, 1.82) is 0 Å². The molecule has 0 bridgehead atoms. The molecule has 0 spiro atoms. The van der Waals surface area contributed by atoms with Crippen LogP contribution < -0.4 is 0 Å². The van der Waals surface area contributed by atoms with Gasteiger partial charge < -0.3 is 10.0 Å². The number of carbonyl (C=O) groups is 1. The van der Waals surface area contributed by atoms with Gasteiger partial charge in [0.1, 0.15) is 0 Å². The fourth-order valence-electron chi connectivity index (χ4n) is 2.87. The summed E-state index contributed by atoms with van der Waals surface area (Å²) in [4.78, 5) is 16.7. The zero-order chi connectivity index (χ0) is 15.7. The maximum absolute atomic E-state index is 12.7. The lowest BCUT2D eigenvalue weighted by Gasteiger charge is -2.34. The van der Waals surface area contributed by atoms with Crippen molar-refractivity contribution in [2.24, 2.45) is 0 Å². The third-order valence-electron chi connectivity index (χ3n) is 4.09. The van der Waals surface area contributed by atoms with Gasteiger partial charge in [0, 0.05) is 49.3 Å². The molecular weight excluding hydrogens is 304 g/mol. The molecule has 0 aromatic heterocycles. The van der Waals surface area contributed by atoms with Crippen LogP contribution in [0.3, 0.4) is 0 Å². The predicted molar refractivity (Wildman–Crippen MR) is 82.1 cm³/mol. The summed E-state index contributed by atoms with van der Waals surface area (Å²) in [6, 6.07) is 4.81. The van der Waals surface area contributed by atoms with Gasteiger partial charge in [-0.25, -0.2) is 8.42 Å². The molecule has 6 nitrogen and oxygen atoms in total. The number of β-amino-alcohol motifs (C(OH)–C–C–N with tert-alkyl or cyclic N) is 1. The number of fused-ring (bicyclic) bond motifs is 1. The summed E-state index contributed by atoms with van der Waals surface area (Å²) < 4.78 is 23.8. The molecule has 1 fully saturated rings. The third kappa shape index (κ3) is 2.67. The Hall–Kier alpha value is -1.70. The van der Waals surface area contributed by atoms with Crippen LogP contribution in [0.25, 0.3) is 6.08 Å². The molecule has 0 aliphatic carbocycles. The maximum atomic E-state index is 12.7. The number of sulfone groups is 1. The first kappa shape index (κ1) is 15.2. The highest BCUT2D eigenvalue weighted by Gasteiger charge is 2.28. The molecule has 1 aromatic carbocycles. The summed E-state index contributed by atoms with van der Waals surface area (Å²) >= 11 is 0. The van der Waals surface area contributed by atoms with Gasteiger partial charge in [-0.2, -0.15) is 0 Å². The second-order valence-electron chi connectivity index (χ2n) is 5.42. The summed E-state index contributed by atoms with van der Waals surface area (Å²) in [6.45, 7) is 3.33. The Morgan fingerprint density at radius 2 is 1.91 bits per heavy atom. The summed E-state index contributed by atoms with van der Waals surface area (Å²) in [7, 11) is -3.40. The van der Waals surface area contributed by atoms with Crippen LogP contribution in [0, 0.1) is 0 Å². The minimum absolute atomic E-state index is 0.114. The molecule has 0 atom stereocenters. The number of carbonyl (C=O) groups excluding carboxylic acids is 1. The van der Waals surface area contributed by atoms with Crippen LogP contribution in [-0.4, -0.2) is 68.6 Å². The molecule has 2 heterocycles. The van der Waals surface area contributed by atoms with Crippen LogP contribution in [-0.2, 0) is 9.84 Å². The van der Waals surface area contributed by atoms with E-state index < -0.39 is 9.84 Å². The number of hydrogen-bond donors (Lipinski definition) is 1. The first-order valence-electron chi connectivity index (χ1n) is 7.21. The van der Waals surface area contributed by atoms with Gasteiger partial charge in [0.25, 0.3) is 5.91 Å². The normalized spacial score (nSPS) is 20.1. The molecule has 22 heavy (non-hydrogen) atoms. The smallest absolute Gasteiger partial charge is 0.254 e. The fourth-order valence-corrected chi connectivity index (χ4v) is 4.08. The maximum Gasteiger partial charge on any atom is 0.254 e. The fraction of sp³-hybridized carbons (Fsp3) is 0.400. The van der Waals surface area contributed by atoms with Gasteiger partial charge in [-0.15, -0.1) is 0 Å². The highest BCUT2D eigenvalue weighted by atomic mass is 32.2. The molecule has 0 radical (unpaired) electrons. The topological polar surface area (TPSA) is 77.9 Å². The highest BCUT2D eigenvalue weighted by Crippen LogP contribution is 2.30. The molecule has 1 aromatic rings. The second kappa shape index (κ2) is 5.83. The van der Waals surface area contributed by atoms with Gasteiger partial charge >= 0.3 is 0 Å². The van der Waals surface area contributed by atoms with E-state index in [2.05, 4.69) is 4.90 Å². The summed E-state index contributed by atoms with van der Waals surface area (Å²) in [5.74, 6) is -0.137. The minimum atomic E-state index is -3.40. The SMILES string of the molecule is O=C(c1cccc2c1C=CS2(=O)=O)N1CCN(CCO)CC1. The molecule has 118 valence electrons. The zero-order valence-corrected chi connectivity index (χ0v) is 12.9. The number of nitrogens with zero attached hydrogens (tertiary/aromatic N) is 2. The lowest BCUT2D eigenvalue weighted by Crippen LogP contribution is -2.49. The number of rotatable bonds is 3. The molecule has 2 aliphatic rings. The van der Waals surface area contributed by atoms with Crippen molar-refractivity contribution in [2.45, 2.75) is 4.90 Å². The molecule has 3 rings (SSSR count). The Balaban J connectivity index is 1.81. The molecule has 2 aliphatic heterocycles. The van der Waals surface area contributed by atoms with Crippen LogP contribution in [0.5, 0.6) is 0 Å². The second-order valence-corrected chi connectivity index (χ2v) is 7.22. The predicted octanol–water partition coefficient (Wildman–Crippen LogP) is 0.195. The highest BCUT2D eigenvalue weighted by molar-refractivity contribution is 7.94. The van der Waals surface area contributed by atoms with Gasteiger partial charge in [-0.05, 0) is 18.2 Å². The van der Waals surface area contributed by atoms with E-state index in [4.69, 9.17) is 5.11 Å². The minimum Gasteiger partial charge on any atom is -0.395 e. The van der Waals surface area contributed by atoms with Crippen LogP contribution >= 0.6 is 0 Å². The number of benzene rings is 1. The third-order valence-corrected chi connectivity index (χ3v) is 5.56. The average Bonchev–Trinajstić information content (AvgIpc) is 2.83. The van der Waals surface area contributed by atoms with E-state index in [0.29, 0.717) is 30.8 Å². The van der Waals surface area contributed by atoms with Crippen molar-refractivity contribution in [3.8, 4) is 0 Å². The van der Waals surface area contributed by atoms with Gasteiger partial charge in [-0.3, -0.25) is 9.69 Å². The molecule has 1 saturated heterocycles. The van der Waals surface area contributed by atoms with E-state index in [0.717, 1.165) is 18.5 Å². The van der Waals surface area contributed by atoms with Crippen molar-refractivity contribution in [2.75, 3.05) is 39.3 Å². The number of amides is 1. The molecule has 0 saturated carbocycles. The average molecular weight is 322 g/mol. The Kier molecular flexibility index (Phi) is 4.03. The number of aliphatic hydroxyl groups is 1. The molecule has 0 unspecified atom stereocenters. The number of piperazine rings is 1. The van der Waals surface area contributed by atoms with Crippen molar-refractivity contribution >= 4 is 21.8 Å². The van der Waals surface area contributed by atoms with E-state index in [1.54, 1.807) is 17.0 Å². The van der Waals surface area contributed by atoms with Crippen LogP contribution in [0.15, 0.2) is 28.5 Å². The largest absolute Gasteiger partial charge is 0.395 e. The number of hydrogen-bond acceptors (Lipinski definition) is 5. The Morgan fingerprint density at radius 3 is 2.59 bits per heavy atom. The Bertz CT molecular complexity index is 719. The molecule has 1 N–H and O–H groups in total. The van der Waals surface area contributed by atoms with Gasteiger partial charge in [0.15, 0.2) is 9.84 Å². The summed E-state index contributed by atoms with van der Waals surface area (Å²) in [5, 5.41) is 10.1. The van der Waals surface area contributed by atoms with E-state index in [1.165, 1.54) is 12.1 Å². The molecule has 1 amide bonds. The zero-order valence-electron chi connectivity index (χ0n) is 12.1. The van der Waals surface area contributed by atoms with Gasteiger partial charge in [0.05, 0.1) is 11.5 Å². The molecular formula is C15H18N2O4S. The van der Waals surface area contributed by atoms with Crippen molar-refractivity contribution in [3.63, 3.8) is 0 Å². The Labute approximate surface area is 129 Å². The van der Waals surface area contributed by atoms with Crippen LogP contribution in [0.1, 0.15) is 15.9 Å². The van der Waals surface area contributed by atoms with E-state index >= 15 is 0 Å². The standard InChI is InChI=1S/C15H18N2O4S/c18-10-9-16-5-7-17(8-6-16)15(19)13-2-1-3-14-12(13)4-11-22(14,20)21/h1-4,11,18H,5-10H2. The lowest BCUT2D eigenvalue weighted by atomic mass is 10.1. The first-order chi connectivity index (χ1) is 10.5. The van der Waals surface area contributed by atoms with E-state index in [1.807, 2.05) is 0 Å². The van der Waals surface area contributed by atoms with Gasteiger partial charge in [0.2, 0.25) is 0 Å². The van der Waals surface area contributed by atoms with E-state index in [-0.39, 0.29) is 17.4 Å². The Morgan fingerprint density at radius 1 is 1.18 bits per heavy atom. The van der Waals surface area contributed by atoms with Crippen LogP contribution in [0.4, 0.5) is 0 Å². The van der Waals surface area contributed by atoms with Crippen molar-refractivity contribution in [3.05, 3.63) is 34.7 Å². The van der Waals surface area contributed by atoms with Gasteiger partial charge in [-0.1, -0.05) is 6.07 Å². The monoisotopic (exact) mass is 322 g/mol. The first-order valence-corrected chi connectivity index (χ1v) is 8.76. The quantitative estimate of drug-likeness (QED) is 0.860. The lowest BCUT2D eigenvalue weighted by molar-refractivity contribution is 0.0614. The van der Waals surface area contributed by atoms with Crippen molar-refractivity contribution in [1.82, 2.24) is 9.80 Å². The molecule has 7 heteroatoms. The summed E-state index contributed by atoms with van der Waals surface area (Å²) in [5.41, 5.74) is 0.927. The van der Waals surface area contributed by atoms with Crippen molar-refractivity contribution < 1.29 is 18.3 Å².